The van der Waals surface area contributed by atoms with E-state index in [-0.39, 0.29) is 5.69 Å². The van der Waals surface area contributed by atoms with Gasteiger partial charge in [0.2, 0.25) is 0 Å². The van der Waals surface area contributed by atoms with E-state index in [0.717, 1.165) is 5.75 Å². The van der Waals surface area contributed by atoms with E-state index in [2.05, 4.69) is 11.1 Å². The molecule has 0 fully saturated rings. The fraction of sp³-hybridized carbons (Fsp3) is 0.312. The Labute approximate surface area is 129 Å². The van der Waals surface area contributed by atoms with Crippen LogP contribution in [0.5, 0.6) is 5.75 Å². The molecule has 2 aromatic rings. The first-order valence-electron chi connectivity index (χ1n) is 6.98. The topological polar surface area (TPSA) is 68.5 Å². The zero-order valence-electron chi connectivity index (χ0n) is 12.9. The minimum atomic E-state index is -0.458. The van der Waals surface area contributed by atoms with Crippen molar-refractivity contribution in [2.24, 2.45) is 0 Å². The van der Waals surface area contributed by atoms with Gasteiger partial charge in [0.15, 0.2) is 0 Å². The van der Waals surface area contributed by atoms with E-state index in [9.17, 15) is 10.1 Å². The number of aromatic nitrogens is 1. The summed E-state index contributed by atoms with van der Waals surface area (Å²) in [7, 11) is 1.87. The molecule has 0 aliphatic rings. The summed E-state index contributed by atoms with van der Waals surface area (Å²) >= 11 is 0. The molecule has 0 bridgehead atoms. The van der Waals surface area contributed by atoms with E-state index in [4.69, 9.17) is 4.74 Å². The normalized spacial score (nSPS) is 10.3. The SMILES string of the molecule is Cc1cc(C)cc(OCCN(C)c2ccc([N+](=O)[O-])cn2)c1. The average Bonchev–Trinajstić information content (AvgIpc) is 2.46. The van der Waals surface area contributed by atoms with Crippen molar-refractivity contribution in [1.82, 2.24) is 4.98 Å². The van der Waals surface area contributed by atoms with Gasteiger partial charge in [-0.1, -0.05) is 6.07 Å². The van der Waals surface area contributed by atoms with E-state index >= 15 is 0 Å². The number of pyridine rings is 1. The molecule has 0 aliphatic carbocycles. The number of benzene rings is 1. The monoisotopic (exact) mass is 301 g/mol. The van der Waals surface area contributed by atoms with Crippen molar-refractivity contribution >= 4 is 11.5 Å². The van der Waals surface area contributed by atoms with Crippen LogP contribution >= 0.6 is 0 Å². The lowest BCUT2D eigenvalue weighted by Crippen LogP contribution is -2.24. The number of anilines is 1. The number of hydrogen-bond donors (Lipinski definition) is 0. The summed E-state index contributed by atoms with van der Waals surface area (Å²) in [5.41, 5.74) is 2.32. The number of nitrogens with zero attached hydrogens (tertiary/aromatic N) is 3. The lowest BCUT2D eigenvalue weighted by Gasteiger charge is -2.18. The van der Waals surface area contributed by atoms with Crippen LogP contribution in [-0.4, -0.2) is 30.1 Å². The van der Waals surface area contributed by atoms with Crippen molar-refractivity contribution in [2.75, 3.05) is 25.1 Å². The van der Waals surface area contributed by atoms with Crippen molar-refractivity contribution in [3.05, 3.63) is 57.8 Å². The van der Waals surface area contributed by atoms with Crippen LogP contribution in [0.4, 0.5) is 11.5 Å². The van der Waals surface area contributed by atoms with Gasteiger partial charge in [-0.25, -0.2) is 4.98 Å². The number of ether oxygens (including phenoxy) is 1. The lowest BCUT2D eigenvalue weighted by molar-refractivity contribution is -0.385. The Bertz CT molecular complexity index is 636. The van der Waals surface area contributed by atoms with Crippen molar-refractivity contribution in [3.8, 4) is 5.75 Å². The first-order valence-corrected chi connectivity index (χ1v) is 6.98. The minimum Gasteiger partial charge on any atom is -0.492 e. The van der Waals surface area contributed by atoms with E-state index < -0.39 is 4.92 Å². The van der Waals surface area contributed by atoms with Gasteiger partial charge in [-0.3, -0.25) is 10.1 Å². The lowest BCUT2D eigenvalue weighted by atomic mass is 10.1. The van der Waals surface area contributed by atoms with Crippen molar-refractivity contribution in [1.29, 1.82) is 0 Å². The fourth-order valence-electron chi connectivity index (χ4n) is 2.14. The third kappa shape index (κ3) is 4.18. The van der Waals surface area contributed by atoms with Crippen LogP contribution in [0.15, 0.2) is 36.5 Å². The highest BCUT2D eigenvalue weighted by Crippen LogP contribution is 2.17. The summed E-state index contributed by atoms with van der Waals surface area (Å²) in [5.74, 6) is 1.53. The maximum Gasteiger partial charge on any atom is 0.287 e. The van der Waals surface area contributed by atoms with Gasteiger partial charge in [0, 0.05) is 13.1 Å². The maximum atomic E-state index is 10.6. The molecule has 6 nitrogen and oxygen atoms in total. The second-order valence-corrected chi connectivity index (χ2v) is 5.23. The highest BCUT2D eigenvalue weighted by atomic mass is 16.6. The Kier molecular flexibility index (Phi) is 4.93. The average molecular weight is 301 g/mol. The molecule has 2 rings (SSSR count). The molecule has 0 radical (unpaired) electrons. The predicted molar refractivity (Wildman–Crippen MR) is 85.6 cm³/mol. The Morgan fingerprint density at radius 2 is 1.91 bits per heavy atom. The smallest absolute Gasteiger partial charge is 0.287 e. The highest BCUT2D eigenvalue weighted by molar-refractivity contribution is 5.42. The number of likely N-dealkylation sites (N-methyl/N-ethyl adjacent to an activating group) is 1. The molecule has 0 amide bonds. The third-order valence-electron chi connectivity index (χ3n) is 3.22. The second-order valence-electron chi connectivity index (χ2n) is 5.23. The van der Waals surface area contributed by atoms with Crippen LogP contribution in [0.1, 0.15) is 11.1 Å². The Morgan fingerprint density at radius 1 is 1.23 bits per heavy atom. The number of nitro groups is 1. The molecule has 0 saturated carbocycles. The quantitative estimate of drug-likeness (QED) is 0.605. The molecule has 0 spiro atoms. The van der Waals surface area contributed by atoms with Crippen LogP contribution in [0.25, 0.3) is 0 Å². The molecule has 6 heteroatoms. The third-order valence-corrected chi connectivity index (χ3v) is 3.22. The molecule has 0 atom stereocenters. The molecule has 116 valence electrons. The van der Waals surface area contributed by atoms with Gasteiger partial charge in [-0.15, -0.1) is 0 Å². The Morgan fingerprint density at radius 3 is 2.45 bits per heavy atom. The van der Waals surface area contributed by atoms with E-state index in [1.165, 1.54) is 23.4 Å². The molecule has 0 N–H and O–H groups in total. The summed E-state index contributed by atoms with van der Waals surface area (Å²) in [4.78, 5) is 16.1. The molecular weight excluding hydrogens is 282 g/mol. The van der Waals surface area contributed by atoms with Crippen molar-refractivity contribution in [2.45, 2.75) is 13.8 Å². The minimum absolute atomic E-state index is 0.0105. The molecule has 0 saturated heterocycles. The van der Waals surface area contributed by atoms with E-state index in [0.29, 0.717) is 19.0 Å². The Hall–Kier alpha value is -2.63. The predicted octanol–water partition coefficient (Wildman–Crippen LogP) is 3.12. The summed E-state index contributed by atoms with van der Waals surface area (Å²) in [6.45, 7) is 5.22. The maximum absolute atomic E-state index is 10.6. The van der Waals surface area contributed by atoms with Crippen LogP contribution in [-0.2, 0) is 0 Å². The Balaban J connectivity index is 1.89. The molecule has 1 aromatic heterocycles. The first kappa shape index (κ1) is 15.8. The highest BCUT2D eigenvalue weighted by Gasteiger charge is 2.08. The van der Waals surface area contributed by atoms with Gasteiger partial charge in [0.05, 0.1) is 11.5 Å². The van der Waals surface area contributed by atoms with Crippen LogP contribution in [0, 0.1) is 24.0 Å². The van der Waals surface area contributed by atoms with Crippen molar-refractivity contribution < 1.29 is 9.66 Å². The largest absolute Gasteiger partial charge is 0.492 e. The van der Waals surface area contributed by atoms with Crippen LogP contribution in [0.2, 0.25) is 0 Å². The first-order chi connectivity index (χ1) is 10.5. The molecule has 1 aromatic carbocycles. The number of rotatable bonds is 6. The van der Waals surface area contributed by atoms with E-state index in [1.807, 2.05) is 37.9 Å². The van der Waals surface area contributed by atoms with E-state index in [1.54, 1.807) is 6.07 Å². The fourth-order valence-corrected chi connectivity index (χ4v) is 2.14. The summed E-state index contributed by atoms with van der Waals surface area (Å²) < 4.78 is 5.74. The molecule has 0 aliphatic heterocycles. The summed E-state index contributed by atoms with van der Waals surface area (Å²) in [6, 6.07) is 9.17. The summed E-state index contributed by atoms with van der Waals surface area (Å²) in [6.07, 6.45) is 1.26. The van der Waals surface area contributed by atoms with Crippen molar-refractivity contribution in [3.63, 3.8) is 0 Å². The van der Waals surface area contributed by atoms with Crippen LogP contribution < -0.4 is 9.64 Å². The van der Waals surface area contributed by atoms with Gasteiger partial charge in [0.25, 0.3) is 5.69 Å². The molecule has 22 heavy (non-hydrogen) atoms. The zero-order valence-corrected chi connectivity index (χ0v) is 12.9. The zero-order chi connectivity index (χ0) is 16.1. The van der Waals surface area contributed by atoms with Gasteiger partial charge >= 0.3 is 0 Å². The second kappa shape index (κ2) is 6.89. The van der Waals surface area contributed by atoms with Crippen LogP contribution in [0.3, 0.4) is 0 Å². The molecular formula is C16H19N3O3. The van der Waals surface area contributed by atoms with Gasteiger partial charge in [-0.05, 0) is 43.2 Å². The number of aryl methyl sites for hydroxylation is 2. The standard InChI is InChI=1S/C16H19N3O3/c1-12-8-13(2)10-15(9-12)22-7-6-18(3)16-5-4-14(11-17-16)19(20)21/h4-5,8-11H,6-7H2,1-3H3. The molecule has 1 heterocycles. The molecule has 0 unspecified atom stereocenters. The number of hydrogen-bond acceptors (Lipinski definition) is 5. The summed E-state index contributed by atoms with van der Waals surface area (Å²) in [5, 5.41) is 10.6. The van der Waals surface area contributed by atoms with Gasteiger partial charge < -0.3 is 9.64 Å². The van der Waals surface area contributed by atoms with Gasteiger partial charge in [-0.2, -0.15) is 0 Å². The van der Waals surface area contributed by atoms with Gasteiger partial charge in [0.1, 0.15) is 24.4 Å².